The van der Waals surface area contributed by atoms with Gasteiger partial charge in [0.25, 0.3) is 5.56 Å². The number of ether oxygens (including phenoxy) is 1. The average Bonchev–Trinajstić information content (AvgIpc) is 3.03. The summed E-state index contributed by atoms with van der Waals surface area (Å²) in [7, 11) is 0. The number of fused-ring (bicyclic) bond motifs is 1. The molecule has 3 aromatic rings. The number of hydrogen-bond donors (Lipinski definition) is 1. The van der Waals surface area contributed by atoms with E-state index in [2.05, 4.69) is 0 Å². The Kier molecular flexibility index (Phi) is 6.84. The van der Waals surface area contributed by atoms with E-state index in [1.54, 1.807) is 18.2 Å². The largest absolute Gasteiger partial charge is 0.494 e. The Morgan fingerprint density at radius 3 is 2.77 bits per heavy atom. The molecule has 0 amide bonds. The quantitative estimate of drug-likeness (QED) is 0.395. The fraction of sp³-hybridized carbons (Fsp3) is 0.286. The Hall–Kier alpha value is -2.37. The fourth-order valence-electron chi connectivity index (χ4n) is 3.20. The highest BCUT2D eigenvalue weighted by atomic mass is 35.5. The van der Waals surface area contributed by atoms with Gasteiger partial charge in [0.2, 0.25) is 11.7 Å². The van der Waals surface area contributed by atoms with Gasteiger partial charge in [0.15, 0.2) is 0 Å². The predicted molar refractivity (Wildman–Crippen MR) is 118 cm³/mol. The van der Waals surface area contributed by atoms with Crippen LogP contribution in [-0.4, -0.2) is 28.7 Å². The minimum Gasteiger partial charge on any atom is -0.494 e. The first-order valence-corrected chi connectivity index (χ1v) is 10.8. The number of nitriles is 1. The number of nitrogens with zero attached hydrogens (tertiary/aromatic N) is 2. The number of pyridine rings is 1. The van der Waals surface area contributed by atoms with Gasteiger partial charge < -0.3 is 9.84 Å². The Morgan fingerprint density at radius 2 is 2.10 bits per heavy atom. The maximum absolute atomic E-state index is 13.4. The summed E-state index contributed by atoms with van der Waals surface area (Å²) < 4.78 is 7.02. The molecule has 1 N–H and O–H groups in total. The summed E-state index contributed by atoms with van der Waals surface area (Å²) in [6.07, 6.45) is 0.436. The third-order valence-corrected chi connectivity index (χ3v) is 6.59. The van der Waals surface area contributed by atoms with Gasteiger partial charge in [-0.1, -0.05) is 29.3 Å². The number of rotatable bonds is 7. The molecule has 2 aromatic heterocycles. The molecule has 0 aliphatic carbocycles. The van der Waals surface area contributed by atoms with Crippen LogP contribution in [0.4, 0.5) is 0 Å². The van der Waals surface area contributed by atoms with E-state index in [-0.39, 0.29) is 33.1 Å². The highest BCUT2D eigenvalue weighted by Gasteiger charge is 2.28. The van der Waals surface area contributed by atoms with Gasteiger partial charge in [-0.2, -0.15) is 5.26 Å². The van der Waals surface area contributed by atoms with Crippen molar-refractivity contribution in [3.63, 3.8) is 0 Å². The maximum Gasteiger partial charge on any atom is 0.271 e. The predicted octanol–water partition coefficient (Wildman–Crippen LogP) is 4.91. The zero-order chi connectivity index (χ0) is 22.0. The van der Waals surface area contributed by atoms with Crippen molar-refractivity contribution in [3.8, 4) is 11.9 Å². The number of hydrogen-bond acceptors (Lipinski definition) is 6. The van der Waals surface area contributed by atoms with Gasteiger partial charge in [0.05, 0.1) is 15.5 Å². The van der Waals surface area contributed by atoms with Gasteiger partial charge in [-0.05, 0) is 38.0 Å². The van der Waals surface area contributed by atoms with Crippen LogP contribution >= 0.6 is 34.5 Å². The molecule has 0 spiro atoms. The van der Waals surface area contributed by atoms with Crippen LogP contribution in [0, 0.1) is 18.3 Å². The minimum atomic E-state index is -0.644. The summed E-state index contributed by atoms with van der Waals surface area (Å²) >= 11 is 13.6. The van der Waals surface area contributed by atoms with Crippen molar-refractivity contribution in [3.05, 3.63) is 60.2 Å². The van der Waals surface area contributed by atoms with E-state index in [0.717, 1.165) is 20.6 Å². The second-order valence-electron chi connectivity index (χ2n) is 6.53. The standard InChI is InChI=1S/C21H18Cl2N2O4S/c1-3-29-8-4-7-25-20(27)14(10-24)11(2)16(21(25)28)18(26)19-17(23)13-6-5-12(22)9-15(13)30-19/h5-6,9,28H,3-4,7-8H2,1-2H3. The molecule has 0 aliphatic heterocycles. The van der Waals surface area contributed by atoms with E-state index in [0.29, 0.717) is 30.0 Å². The lowest BCUT2D eigenvalue weighted by Crippen LogP contribution is -2.27. The van der Waals surface area contributed by atoms with Crippen molar-refractivity contribution in [2.24, 2.45) is 0 Å². The summed E-state index contributed by atoms with van der Waals surface area (Å²) in [6, 6.07) is 6.94. The zero-order valence-electron chi connectivity index (χ0n) is 16.3. The molecule has 0 saturated heterocycles. The zero-order valence-corrected chi connectivity index (χ0v) is 18.6. The number of carbonyl (C=O) groups excluding carboxylic acids is 1. The lowest BCUT2D eigenvalue weighted by Gasteiger charge is -2.15. The van der Waals surface area contributed by atoms with Crippen LogP contribution in [0.1, 0.15) is 39.7 Å². The number of thiophene rings is 1. The average molecular weight is 465 g/mol. The van der Waals surface area contributed by atoms with Gasteiger partial charge in [-0.3, -0.25) is 14.2 Å². The first-order chi connectivity index (χ1) is 14.3. The number of ketones is 1. The van der Waals surface area contributed by atoms with Crippen molar-refractivity contribution in [1.29, 1.82) is 5.26 Å². The fourth-order valence-corrected chi connectivity index (χ4v) is 4.94. The molecule has 156 valence electrons. The van der Waals surface area contributed by atoms with Gasteiger partial charge in [-0.25, -0.2) is 0 Å². The van der Waals surface area contributed by atoms with E-state index < -0.39 is 17.2 Å². The summed E-state index contributed by atoms with van der Waals surface area (Å²) in [4.78, 5) is 26.2. The molecule has 1 aromatic carbocycles. The monoisotopic (exact) mass is 464 g/mol. The van der Waals surface area contributed by atoms with E-state index in [4.69, 9.17) is 27.9 Å². The van der Waals surface area contributed by atoms with Gasteiger partial charge in [0.1, 0.15) is 11.6 Å². The first kappa shape index (κ1) is 22.3. The minimum absolute atomic E-state index is 0.107. The van der Waals surface area contributed by atoms with Crippen molar-refractivity contribution in [2.45, 2.75) is 26.8 Å². The van der Waals surface area contributed by atoms with Crippen LogP contribution in [-0.2, 0) is 11.3 Å². The molecule has 9 heteroatoms. The van der Waals surface area contributed by atoms with Crippen LogP contribution < -0.4 is 5.56 Å². The summed E-state index contributed by atoms with van der Waals surface area (Å²) in [5.74, 6) is -1.04. The molecular weight excluding hydrogens is 447 g/mol. The summed E-state index contributed by atoms with van der Waals surface area (Å²) in [5.41, 5.74) is -0.817. The summed E-state index contributed by atoms with van der Waals surface area (Å²) in [6.45, 7) is 4.33. The Balaban J connectivity index is 2.15. The number of halogens is 2. The highest BCUT2D eigenvalue weighted by Crippen LogP contribution is 2.39. The van der Waals surface area contributed by atoms with Crippen LogP contribution in [0.25, 0.3) is 10.1 Å². The van der Waals surface area contributed by atoms with Crippen LogP contribution in [0.15, 0.2) is 23.0 Å². The third kappa shape index (κ3) is 3.96. The Morgan fingerprint density at radius 1 is 1.37 bits per heavy atom. The van der Waals surface area contributed by atoms with E-state index in [9.17, 15) is 20.0 Å². The molecule has 0 unspecified atom stereocenters. The SMILES string of the molecule is CCOCCCn1c(O)c(C(=O)c2sc3cc(Cl)ccc3c2Cl)c(C)c(C#N)c1=O. The molecule has 0 radical (unpaired) electrons. The number of benzene rings is 1. The molecular formula is C21H18Cl2N2O4S. The summed E-state index contributed by atoms with van der Waals surface area (Å²) in [5, 5.41) is 21.7. The second kappa shape index (κ2) is 9.19. The second-order valence-corrected chi connectivity index (χ2v) is 8.40. The molecule has 6 nitrogen and oxygen atoms in total. The molecule has 3 rings (SSSR count). The highest BCUT2D eigenvalue weighted by molar-refractivity contribution is 7.21. The Bertz CT molecular complexity index is 1240. The molecule has 0 atom stereocenters. The normalized spacial score (nSPS) is 11.0. The maximum atomic E-state index is 13.4. The van der Waals surface area contributed by atoms with Gasteiger partial charge in [0, 0.05) is 34.9 Å². The molecule has 2 heterocycles. The van der Waals surface area contributed by atoms with Crippen LogP contribution in [0.5, 0.6) is 5.88 Å². The molecule has 0 aliphatic rings. The number of aromatic nitrogens is 1. The van der Waals surface area contributed by atoms with Crippen molar-refractivity contribution >= 4 is 50.4 Å². The third-order valence-electron chi connectivity index (χ3n) is 4.70. The Labute approximate surface area is 186 Å². The van der Waals surface area contributed by atoms with E-state index >= 15 is 0 Å². The number of carbonyl (C=O) groups is 1. The van der Waals surface area contributed by atoms with E-state index in [1.807, 2.05) is 13.0 Å². The van der Waals surface area contributed by atoms with E-state index in [1.165, 1.54) is 6.92 Å². The van der Waals surface area contributed by atoms with Crippen molar-refractivity contribution < 1.29 is 14.6 Å². The van der Waals surface area contributed by atoms with Crippen LogP contribution in [0.3, 0.4) is 0 Å². The first-order valence-electron chi connectivity index (χ1n) is 9.18. The molecule has 0 bridgehead atoms. The number of aromatic hydroxyl groups is 1. The lowest BCUT2D eigenvalue weighted by molar-refractivity contribution is 0.103. The molecule has 0 saturated carbocycles. The van der Waals surface area contributed by atoms with Crippen molar-refractivity contribution in [1.82, 2.24) is 4.57 Å². The van der Waals surface area contributed by atoms with Crippen LogP contribution in [0.2, 0.25) is 10.0 Å². The topological polar surface area (TPSA) is 92.3 Å². The molecule has 30 heavy (non-hydrogen) atoms. The lowest BCUT2D eigenvalue weighted by atomic mass is 10.0. The molecule has 0 fully saturated rings. The smallest absolute Gasteiger partial charge is 0.271 e. The van der Waals surface area contributed by atoms with Gasteiger partial charge >= 0.3 is 0 Å². The van der Waals surface area contributed by atoms with Gasteiger partial charge in [-0.15, -0.1) is 11.3 Å². The van der Waals surface area contributed by atoms with Crippen molar-refractivity contribution in [2.75, 3.05) is 13.2 Å².